The van der Waals surface area contributed by atoms with Crippen LogP contribution in [0.15, 0.2) is 23.6 Å². The molecular formula is C16H14F3N3O3S. The molecule has 2 aromatic heterocycles. The third-order valence-electron chi connectivity index (χ3n) is 4.06. The van der Waals surface area contributed by atoms with Crippen LogP contribution in [-0.4, -0.2) is 44.9 Å². The van der Waals surface area contributed by atoms with Crippen LogP contribution in [0.3, 0.4) is 0 Å². The number of halogens is 3. The van der Waals surface area contributed by atoms with Crippen molar-refractivity contribution in [2.45, 2.75) is 24.9 Å². The number of hydrogen-bond donors (Lipinski definition) is 1. The first-order valence-corrected chi connectivity index (χ1v) is 8.66. The van der Waals surface area contributed by atoms with E-state index in [2.05, 4.69) is 9.97 Å². The molecule has 1 amide bonds. The SMILES string of the molecule is O=C(O)c1cccc(C(=O)N2CCCC(c3nc(C(F)(F)F)cs3)C2)n1. The van der Waals surface area contributed by atoms with Gasteiger partial charge in [0.05, 0.1) is 5.01 Å². The van der Waals surface area contributed by atoms with Crippen LogP contribution in [0, 0.1) is 0 Å². The molecule has 0 bridgehead atoms. The van der Waals surface area contributed by atoms with Crippen molar-refractivity contribution >= 4 is 23.2 Å². The second-order valence-corrected chi connectivity index (χ2v) is 6.76. The number of carboxylic acids is 1. The number of amides is 1. The predicted molar refractivity (Wildman–Crippen MR) is 86.2 cm³/mol. The number of thiazole rings is 1. The van der Waals surface area contributed by atoms with Gasteiger partial charge in [0.1, 0.15) is 11.4 Å². The second kappa shape index (κ2) is 7.02. The van der Waals surface area contributed by atoms with Gasteiger partial charge < -0.3 is 10.0 Å². The number of carboxylic acid groups (broad SMARTS) is 1. The van der Waals surface area contributed by atoms with Gasteiger partial charge in [-0.05, 0) is 25.0 Å². The Kier molecular flexibility index (Phi) is 4.94. The van der Waals surface area contributed by atoms with Crippen molar-refractivity contribution in [1.82, 2.24) is 14.9 Å². The average molecular weight is 385 g/mol. The van der Waals surface area contributed by atoms with Crippen molar-refractivity contribution in [2.75, 3.05) is 13.1 Å². The summed E-state index contributed by atoms with van der Waals surface area (Å²) in [5, 5.41) is 10.3. The van der Waals surface area contributed by atoms with Gasteiger partial charge in [-0.3, -0.25) is 4.79 Å². The standard InChI is InChI=1S/C16H14F3N3O3S/c17-16(18,19)12-8-26-13(21-12)9-3-2-6-22(7-9)14(23)10-4-1-5-11(20-10)15(24)25/h1,4-5,8-9H,2-3,6-7H2,(H,24,25). The number of nitrogens with zero attached hydrogens (tertiary/aromatic N) is 3. The quantitative estimate of drug-likeness (QED) is 0.877. The maximum absolute atomic E-state index is 12.7. The number of aromatic carboxylic acids is 1. The summed E-state index contributed by atoms with van der Waals surface area (Å²) in [6.07, 6.45) is -3.23. The summed E-state index contributed by atoms with van der Waals surface area (Å²) < 4.78 is 38.2. The first kappa shape index (κ1) is 18.3. The Morgan fingerprint density at radius 3 is 2.62 bits per heavy atom. The molecule has 1 fully saturated rings. The van der Waals surface area contributed by atoms with E-state index in [9.17, 15) is 22.8 Å². The van der Waals surface area contributed by atoms with Crippen molar-refractivity contribution < 1.29 is 27.9 Å². The van der Waals surface area contributed by atoms with Gasteiger partial charge >= 0.3 is 12.1 Å². The van der Waals surface area contributed by atoms with E-state index in [0.717, 1.165) is 16.7 Å². The predicted octanol–water partition coefficient (Wildman–Crippen LogP) is 3.27. The fraction of sp³-hybridized carbons (Fsp3) is 0.375. The topological polar surface area (TPSA) is 83.4 Å². The average Bonchev–Trinajstić information content (AvgIpc) is 3.12. The van der Waals surface area contributed by atoms with Crippen LogP contribution in [0.5, 0.6) is 0 Å². The third-order valence-corrected chi connectivity index (χ3v) is 5.06. The van der Waals surface area contributed by atoms with E-state index in [1.807, 2.05) is 0 Å². The van der Waals surface area contributed by atoms with Gasteiger partial charge in [0.25, 0.3) is 5.91 Å². The molecule has 3 rings (SSSR count). The zero-order valence-corrected chi connectivity index (χ0v) is 14.2. The van der Waals surface area contributed by atoms with E-state index in [0.29, 0.717) is 24.4 Å². The lowest BCUT2D eigenvalue weighted by Crippen LogP contribution is -2.39. The Bertz CT molecular complexity index is 837. The minimum absolute atomic E-state index is 0.000620. The number of carbonyl (C=O) groups excluding carboxylic acids is 1. The highest BCUT2D eigenvalue weighted by atomic mass is 32.1. The number of carbonyl (C=O) groups is 2. The number of hydrogen-bond acceptors (Lipinski definition) is 5. The summed E-state index contributed by atoms with van der Waals surface area (Å²) in [5.41, 5.74) is -1.16. The molecule has 0 aromatic carbocycles. The second-order valence-electron chi connectivity index (χ2n) is 5.87. The molecule has 1 atom stereocenters. The van der Waals surface area contributed by atoms with E-state index in [-0.39, 0.29) is 23.9 Å². The molecule has 1 aliphatic heterocycles. The zero-order valence-electron chi connectivity index (χ0n) is 13.4. The van der Waals surface area contributed by atoms with Crippen LogP contribution in [0.4, 0.5) is 13.2 Å². The molecule has 1 unspecified atom stereocenters. The van der Waals surface area contributed by atoms with Crippen LogP contribution in [0.25, 0.3) is 0 Å². The van der Waals surface area contributed by atoms with Crippen LogP contribution in [-0.2, 0) is 6.18 Å². The van der Waals surface area contributed by atoms with Crippen LogP contribution >= 0.6 is 11.3 Å². The molecule has 26 heavy (non-hydrogen) atoms. The summed E-state index contributed by atoms with van der Waals surface area (Å²) >= 11 is 0.936. The summed E-state index contributed by atoms with van der Waals surface area (Å²) in [6, 6.07) is 4.14. The van der Waals surface area contributed by atoms with Gasteiger partial charge in [-0.25, -0.2) is 14.8 Å². The van der Waals surface area contributed by atoms with Gasteiger partial charge in [0.15, 0.2) is 5.69 Å². The van der Waals surface area contributed by atoms with Crippen molar-refractivity contribution in [1.29, 1.82) is 0 Å². The Balaban J connectivity index is 1.76. The lowest BCUT2D eigenvalue weighted by Gasteiger charge is -2.31. The molecule has 2 aromatic rings. The number of pyridine rings is 1. The first-order valence-electron chi connectivity index (χ1n) is 7.78. The van der Waals surface area contributed by atoms with Crippen molar-refractivity contribution in [3.63, 3.8) is 0 Å². The van der Waals surface area contributed by atoms with Crippen LogP contribution < -0.4 is 0 Å². The largest absolute Gasteiger partial charge is 0.477 e. The van der Waals surface area contributed by atoms with E-state index in [1.165, 1.54) is 23.1 Å². The monoisotopic (exact) mass is 385 g/mol. The van der Waals surface area contributed by atoms with Crippen molar-refractivity contribution in [2.24, 2.45) is 0 Å². The lowest BCUT2D eigenvalue weighted by atomic mass is 9.98. The number of likely N-dealkylation sites (tertiary alicyclic amines) is 1. The highest BCUT2D eigenvalue weighted by molar-refractivity contribution is 7.09. The fourth-order valence-electron chi connectivity index (χ4n) is 2.80. The van der Waals surface area contributed by atoms with E-state index in [4.69, 9.17) is 5.11 Å². The third kappa shape index (κ3) is 3.85. The first-order chi connectivity index (χ1) is 12.3. The molecule has 0 saturated carbocycles. The number of alkyl halides is 3. The molecule has 1 aliphatic rings. The number of rotatable bonds is 3. The van der Waals surface area contributed by atoms with Crippen LogP contribution in [0.1, 0.15) is 50.4 Å². The summed E-state index contributed by atoms with van der Waals surface area (Å²) in [5.74, 6) is -1.96. The van der Waals surface area contributed by atoms with Gasteiger partial charge in [-0.1, -0.05) is 6.07 Å². The number of piperidine rings is 1. The molecule has 3 heterocycles. The minimum atomic E-state index is -4.49. The molecule has 6 nitrogen and oxygen atoms in total. The normalized spacial score (nSPS) is 18.0. The van der Waals surface area contributed by atoms with Gasteiger partial charge in [-0.2, -0.15) is 13.2 Å². The molecular weight excluding hydrogens is 371 g/mol. The molecule has 138 valence electrons. The summed E-state index contributed by atoms with van der Waals surface area (Å²) in [6.45, 7) is 0.661. The van der Waals surface area contributed by atoms with E-state index in [1.54, 1.807) is 0 Å². The number of aromatic nitrogens is 2. The summed E-state index contributed by atoms with van der Waals surface area (Å²) in [4.78, 5) is 32.6. The highest BCUT2D eigenvalue weighted by Crippen LogP contribution is 2.35. The fourth-order valence-corrected chi connectivity index (χ4v) is 3.76. The zero-order chi connectivity index (χ0) is 18.9. The smallest absolute Gasteiger partial charge is 0.434 e. The molecule has 0 radical (unpaired) electrons. The maximum atomic E-state index is 12.7. The van der Waals surface area contributed by atoms with Gasteiger partial charge in [-0.15, -0.1) is 11.3 Å². The Labute approximate surface area is 150 Å². The van der Waals surface area contributed by atoms with Crippen molar-refractivity contribution in [3.05, 3.63) is 45.7 Å². The van der Waals surface area contributed by atoms with Crippen molar-refractivity contribution in [3.8, 4) is 0 Å². The molecule has 10 heteroatoms. The van der Waals surface area contributed by atoms with E-state index >= 15 is 0 Å². The maximum Gasteiger partial charge on any atom is 0.434 e. The Morgan fingerprint density at radius 2 is 1.96 bits per heavy atom. The minimum Gasteiger partial charge on any atom is -0.477 e. The molecule has 1 saturated heterocycles. The van der Waals surface area contributed by atoms with Gasteiger partial charge in [0.2, 0.25) is 0 Å². The van der Waals surface area contributed by atoms with E-state index < -0.39 is 23.7 Å². The molecule has 0 spiro atoms. The highest BCUT2D eigenvalue weighted by Gasteiger charge is 2.35. The molecule has 1 N–H and O–H groups in total. The Morgan fingerprint density at radius 1 is 1.23 bits per heavy atom. The van der Waals surface area contributed by atoms with Gasteiger partial charge in [0, 0.05) is 24.4 Å². The lowest BCUT2D eigenvalue weighted by molar-refractivity contribution is -0.140. The molecule has 0 aliphatic carbocycles. The Hall–Kier alpha value is -2.49. The van der Waals surface area contributed by atoms with Crippen LogP contribution in [0.2, 0.25) is 0 Å². The summed E-state index contributed by atoms with van der Waals surface area (Å²) in [7, 11) is 0.